The summed E-state index contributed by atoms with van der Waals surface area (Å²) in [6.45, 7) is 4.58. The van der Waals surface area contributed by atoms with Gasteiger partial charge in [-0.2, -0.15) is 4.31 Å². The largest absolute Gasteiger partial charge is 0.338 e. The van der Waals surface area contributed by atoms with E-state index in [-0.39, 0.29) is 29.0 Å². The van der Waals surface area contributed by atoms with Crippen molar-refractivity contribution in [2.24, 2.45) is 0 Å². The van der Waals surface area contributed by atoms with Crippen molar-refractivity contribution in [3.8, 4) is 0 Å². The van der Waals surface area contributed by atoms with Crippen LogP contribution in [0.1, 0.15) is 31.8 Å². The topological polar surface area (TPSA) is 95.1 Å². The van der Waals surface area contributed by atoms with E-state index in [1.807, 2.05) is 19.1 Å². The molecule has 166 valence electrons. The number of rotatable bonds is 6. The lowest BCUT2D eigenvalue weighted by molar-refractivity contribution is -0.132. The van der Waals surface area contributed by atoms with Gasteiger partial charge in [0.15, 0.2) is 5.78 Å². The molecule has 2 amide bonds. The van der Waals surface area contributed by atoms with E-state index in [4.69, 9.17) is 0 Å². The lowest BCUT2D eigenvalue weighted by Crippen LogP contribution is -2.52. The molecule has 3 rings (SSSR count). The number of hydrogen-bond donors (Lipinski definition) is 0. The fraction of sp³-hybridized carbons (Fsp3) is 0.381. The summed E-state index contributed by atoms with van der Waals surface area (Å²) in [5.41, 5.74) is 0.419. The van der Waals surface area contributed by atoms with Crippen molar-refractivity contribution in [1.29, 1.82) is 0 Å². The van der Waals surface area contributed by atoms with Crippen molar-refractivity contribution in [2.75, 3.05) is 39.8 Å². The summed E-state index contributed by atoms with van der Waals surface area (Å²) >= 11 is 1.44. The van der Waals surface area contributed by atoms with Crippen LogP contribution in [0.25, 0.3) is 0 Å². The Labute approximate surface area is 186 Å². The predicted molar refractivity (Wildman–Crippen MR) is 118 cm³/mol. The number of carbonyl (C=O) groups is 3. The summed E-state index contributed by atoms with van der Waals surface area (Å²) in [6.07, 6.45) is 0. The highest BCUT2D eigenvalue weighted by atomic mass is 32.2. The van der Waals surface area contributed by atoms with Crippen molar-refractivity contribution in [3.63, 3.8) is 0 Å². The van der Waals surface area contributed by atoms with Crippen LogP contribution >= 0.6 is 11.3 Å². The van der Waals surface area contributed by atoms with Crippen LogP contribution in [0.3, 0.4) is 0 Å². The quantitative estimate of drug-likeness (QED) is 0.610. The minimum atomic E-state index is -3.86. The second-order valence-electron chi connectivity index (χ2n) is 7.42. The molecule has 0 aliphatic carbocycles. The van der Waals surface area contributed by atoms with Crippen LogP contribution in [0.5, 0.6) is 0 Å². The molecule has 0 saturated carbocycles. The molecule has 10 heteroatoms. The number of thiophene rings is 1. The summed E-state index contributed by atoms with van der Waals surface area (Å²) in [6, 6.07) is 9.35. The van der Waals surface area contributed by atoms with Gasteiger partial charge in [-0.1, -0.05) is 12.1 Å². The fourth-order valence-electron chi connectivity index (χ4n) is 3.28. The first kappa shape index (κ1) is 23.1. The normalized spacial score (nSPS) is 14.7. The van der Waals surface area contributed by atoms with Crippen LogP contribution < -0.4 is 0 Å². The van der Waals surface area contributed by atoms with Crippen LogP contribution in [0, 0.1) is 6.92 Å². The molecule has 0 unspecified atom stereocenters. The van der Waals surface area contributed by atoms with Gasteiger partial charge in [0.2, 0.25) is 15.9 Å². The maximum atomic E-state index is 12.8. The SMILES string of the molecule is CC(=O)c1ccc(S(=O)(=O)N(C)CC(=O)N2CCN(C(=O)c3ccc(C)s3)CC2)cc1. The minimum absolute atomic E-state index is 0.0226. The van der Waals surface area contributed by atoms with Crippen molar-refractivity contribution in [1.82, 2.24) is 14.1 Å². The van der Waals surface area contributed by atoms with Crippen molar-refractivity contribution < 1.29 is 22.8 Å². The first-order valence-corrected chi connectivity index (χ1v) is 12.1. The van der Waals surface area contributed by atoms with Gasteiger partial charge in [-0.3, -0.25) is 14.4 Å². The van der Waals surface area contributed by atoms with Gasteiger partial charge in [-0.05, 0) is 38.1 Å². The molecule has 31 heavy (non-hydrogen) atoms. The summed E-state index contributed by atoms with van der Waals surface area (Å²) in [4.78, 5) is 41.6. The number of amides is 2. The molecule has 1 fully saturated rings. The third-order valence-corrected chi connectivity index (χ3v) is 8.00. The van der Waals surface area contributed by atoms with Gasteiger partial charge >= 0.3 is 0 Å². The van der Waals surface area contributed by atoms with Crippen LogP contribution in [0.2, 0.25) is 0 Å². The van der Waals surface area contributed by atoms with Gasteiger partial charge in [0.05, 0.1) is 16.3 Å². The predicted octanol–water partition coefficient (Wildman–Crippen LogP) is 1.86. The number of hydrogen-bond acceptors (Lipinski definition) is 6. The van der Waals surface area contributed by atoms with E-state index >= 15 is 0 Å². The lowest BCUT2D eigenvalue weighted by atomic mass is 10.2. The Morgan fingerprint density at radius 3 is 2.06 bits per heavy atom. The molecule has 8 nitrogen and oxygen atoms in total. The molecule has 0 spiro atoms. The van der Waals surface area contributed by atoms with E-state index in [1.165, 1.54) is 49.6 Å². The second-order valence-corrected chi connectivity index (χ2v) is 10.8. The van der Waals surface area contributed by atoms with Gasteiger partial charge in [0.1, 0.15) is 0 Å². The summed E-state index contributed by atoms with van der Waals surface area (Å²) in [5.74, 6) is -0.510. The van der Waals surface area contributed by atoms with Gasteiger partial charge in [-0.15, -0.1) is 11.3 Å². The number of carbonyl (C=O) groups excluding carboxylic acids is 3. The Hall–Kier alpha value is -2.56. The maximum absolute atomic E-state index is 12.8. The monoisotopic (exact) mass is 463 g/mol. The first-order chi connectivity index (χ1) is 14.6. The number of nitrogens with zero attached hydrogens (tertiary/aromatic N) is 3. The Morgan fingerprint density at radius 2 is 1.55 bits per heavy atom. The maximum Gasteiger partial charge on any atom is 0.264 e. The van der Waals surface area contributed by atoms with E-state index in [0.717, 1.165) is 9.18 Å². The number of Topliss-reactive ketones (excluding diaryl/α,β-unsaturated/α-hetero) is 1. The van der Waals surface area contributed by atoms with E-state index in [1.54, 1.807) is 9.80 Å². The first-order valence-electron chi connectivity index (χ1n) is 9.80. The number of benzene rings is 1. The molecule has 1 aromatic heterocycles. The second kappa shape index (κ2) is 9.29. The van der Waals surface area contributed by atoms with Gasteiger partial charge in [0, 0.05) is 43.7 Å². The molecule has 0 bridgehead atoms. The Kier molecular flexibility index (Phi) is 6.93. The van der Waals surface area contributed by atoms with E-state index in [9.17, 15) is 22.8 Å². The van der Waals surface area contributed by atoms with Crippen molar-refractivity contribution in [2.45, 2.75) is 18.7 Å². The van der Waals surface area contributed by atoms with Gasteiger partial charge < -0.3 is 9.80 Å². The zero-order chi connectivity index (χ0) is 22.8. The van der Waals surface area contributed by atoms with E-state index in [0.29, 0.717) is 36.6 Å². The molecule has 0 radical (unpaired) electrons. The highest BCUT2D eigenvalue weighted by Gasteiger charge is 2.29. The average molecular weight is 464 g/mol. The molecule has 1 saturated heterocycles. The molecule has 1 aromatic carbocycles. The molecular formula is C21H25N3O5S2. The highest BCUT2D eigenvalue weighted by Crippen LogP contribution is 2.19. The molecule has 2 aromatic rings. The number of aryl methyl sites for hydroxylation is 1. The fourth-order valence-corrected chi connectivity index (χ4v) is 5.24. The Morgan fingerprint density at radius 1 is 0.968 bits per heavy atom. The molecule has 0 N–H and O–H groups in total. The number of sulfonamides is 1. The molecule has 0 atom stereocenters. The van der Waals surface area contributed by atoms with Gasteiger partial charge in [-0.25, -0.2) is 8.42 Å². The van der Waals surface area contributed by atoms with Crippen LogP contribution in [-0.4, -0.2) is 79.9 Å². The van der Waals surface area contributed by atoms with Crippen LogP contribution in [0.4, 0.5) is 0 Å². The Bertz CT molecular complexity index is 1080. The third-order valence-electron chi connectivity index (χ3n) is 5.20. The smallest absolute Gasteiger partial charge is 0.264 e. The summed E-state index contributed by atoms with van der Waals surface area (Å²) in [5, 5.41) is 0. The molecule has 1 aliphatic heterocycles. The van der Waals surface area contributed by atoms with E-state index in [2.05, 4.69) is 0 Å². The zero-order valence-electron chi connectivity index (χ0n) is 17.7. The zero-order valence-corrected chi connectivity index (χ0v) is 19.3. The standard InChI is InChI=1S/C21H25N3O5S2/c1-15-4-9-19(30-15)21(27)24-12-10-23(11-13-24)20(26)14-22(3)31(28,29)18-7-5-17(6-8-18)16(2)25/h4-9H,10-14H2,1-3H3. The summed E-state index contributed by atoms with van der Waals surface area (Å²) in [7, 11) is -2.51. The lowest BCUT2D eigenvalue weighted by Gasteiger charge is -2.35. The summed E-state index contributed by atoms with van der Waals surface area (Å²) < 4.78 is 26.5. The number of ketones is 1. The number of likely N-dealkylation sites (N-methyl/N-ethyl adjacent to an activating group) is 1. The van der Waals surface area contributed by atoms with Crippen LogP contribution in [0.15, 0.2) is 41.3 Å². The molecule has 1 aliphatic rings. The third kappa shape index (κ3) is 5.20. The molecule has 2 heterocycles. The van der Waals surface area contributed by atoms with Crippen molar-refractivity contribution in [3.05, 3.63) is 51.7 Å². The van der Waals surface area contributed by atoms with Crippen LogP contribution in [-0.2, 0) is 14.8 Å². The van der Waals surface area contributed by atoms with E-state index < -0.39 is 10.0 Å². The average Bonchev–Trinajstić information content (AvgIpc) is 3.19. The number of piperazine rings is 1. The minimum Gasteiger partial charge on any atom is -0.338 e. The Balaban J connectivity index is 1.57. The molecular weight excluding hydrogens is 438 g/mol. The van der Waals surface area contributed by atoms with Crippen molar-refractivity contribution >= 4 is 39.0 Å². The highest BCUT2D eigenvalue weighted by molar-refractivity contribution is 7.89. The van der Waals surface area contributed by atoms with Gasteiger partial charge in [0.25, 0.3) is 5.91 Å².